The summed E-state index contributed by atoms with van der Waals surface area (Å²) in [4.78, 5) is 22.1. The molecule has 0 spiro atoms. The van der Waals surface area contributed by atoms with Crippen molar-refractivity contribution in [3.05, 3.63) is 59.7 Å². The predicted octanol–water partition coefficient (Wildman–Crippen LogP) is 2.23. The molecule has 0 aliphatic carbocycles. The van der Waals surface area contributed by atoms with Crippen molar-refractivity contribution in [3.63, 3.8) is 0 Å². The summed E-state index contributed by atoms with van der Waals surface area (Å²) >= 11 is 0. The van der Waals surface area contributed by atoms with E-state index in [9.17, 15) is 9.59 Å². The molecule has 0 aliphatic heterocycles. The molecular formula is C16H18N4O2. The largest absolute Gasteiger partial charge is 0.333 e. The van der Waals surface area contributed by atoms with Crippen LogP contribution in [0, 0.1) is 0 Å². The van der Waals surface area contributed by atoms with Gasteiger partial charge < -0.3 is 10.6 Å². The fraction of sp³-hybridized carbons (Fsp3) is 0.125. The fourth-order valence-corrected chi connectivity index (χ4v) is 2.02. The van der Waals surface area contributed by atoms with Gasteiger partial charge in [-0.3, -0.25) is 10.2 Å². The molecule has 3 amide bonds. The molecule has 6 heteroatoms. The maximum absolute atomic E-state index is 11.1. The van der Waals surface area contributed by atoms with Crippen molar-refractivity contribution in [2.45, 2.75) is 13.3 Å². The monoisotopic (exact) mass is 298 g/mol. The van der Waals surface area contributed by atoms with E-state index in [4.69, 9.17) is 5.84 Å². The Bertz CT molecular complexity index is 651. The molecule has 22 heavy (non-hydrogen) atoms. The number of rotatable bonds is 4. The third kappa shape index (κ3) is 4.60. The van der Waals surface area contributed by atoms with Gasteiger partial charge in [-0.2, -0.15) is 0 Å². The molecule has 5 N–H and O–H groups in total. The number of amides is 3. The molecule has 0 radical (unpaired) electrons. The molecular weight excluding hydrogens is 280 g/mol. The van der Waals surface area contributed by atoms with Crippen LogP contribution in [0.15, 0.2) is 48.5 Å². The Morgan fingerprint density at radius 3 is 1.73 bits per heavy atom. The highest BCUT2D eigenvalue weighted by Gasteiger charge is 2.01. The number of hydrogen-bond donors (Lipinski definition) is 4. The van der Waals surface area contributed by atoms with Crippen molar-refractivity contribution in [1.29, 1.82) is 0 Å². The van der Waals surface area contributed by atoms with E-state index in [1.807, 2.05) is 54.0 Å². The van der Waals surface area contributed by atoms with Crippen LogP contribution in [0.25, 0.3) is 0 Å². The molecule has 0 unspecified atom stereocenters. The Labute approximate surface area is 128 Å². The second-order valence-corrected chi connectivity index (χ2v) is 4.85. The van der Waals surface area contributed by atoms with E-state index in [1.165, 1.54) is 6.92 Å². The number of hydrazine groups is 1. The SMILES string of the molecule is CC(=O)Nc1ccc(Cc2ccc(NC(=O)NN)cc2)cc1. The predicted molar refractivity (Wildman–Crippen MR) is 86.3 cm³/mol. The summed E-state index contributed by atoms with van der Waals surface area (Å²) < 4.78 is 0. The second kappa shape index (κ2) is 7.24. The van der Waals surface area contributed by atoms with Gasteiger partial charge in [-0.25, -0.2) is 10.6 Å². The van der Waals surface area contributed by atoms with Gasteiger partial charge in [0.25, 0.3) is 0 Å². The molecule has 0 aromatic heterocycles. The average Bonchev–Trinajstić information content (AvgIpc) is 2.50. The van der Waals surface area contributed by atoms with Crippen LogP contribution in [0.5, 0.6) is 0 Å². The Morgan fingerprint density at radius 2 is 1.32 bits per heavy atom. The van der Waals surface area contributed by atoms with E-state index in [1.54, 1.807) is 0 Å². The summed E-state index contributed by atoms with van der Waals surface area (Å²) in [7, 11) is 0. The molecule has 2 aromatic rings. The number of urea groups is 1. The minimum atomic E-state index is -0.457. The number of hydrogen-bond acceptors (Lipinski definition) is 3. The number of anilines is 2. The lowest BCUT2D eigenvalue weighted by atomic mass is 10.0. The van der Waals surface area contributed by atoms with E-state index in [2.05, 4.69) is 10.6 Å². The first-order valence-electron chi connectivity index (χ1n) is 6.80. The van der Waals surface area contributed by atoms with Crippen LogP contribution in [-0.2, 0) is 11.2 Å². The first kappa shape index (κ1) is 15.5. The molecule has 2 aromatic carbocycles. The second-order valence-electron chi connectivity index (χ2n) is 4.85. The summed E-state index contributed by atoms with van der Waals surface area (Å²) in [6, 6.07) is 14.7. The molecule has 0 saturated heterocycles. The van der Waals surface area contributed by atoms with E-state index >= 15 is 0 Å². The highest BCUT2D eigenvalue weighted by atomic mass is 16.2. The van der Waals surface area contributed by atoms with Crippen molar-refractivity contribution in [3.8, 4) is 0 Å². The molecule has 0 heterocycles. The van der Waals surface area contributed by atoms with E-state index in [0.29, 0.717) is 5.69 Å². The molecule has 2 rings (SSSR count). The Kier molecular flexibility index (Phi) is 5.11. The van der Waals surface area contributed by atoms with E-state index in [-0.39, 0.29) is 5.91 Å². The summed E-state index contributed by atoms with van der Waals surface area (Å²) in [5.41, 5.74) is 5.71. The molecule has 0 saturated carbocycles. The molecule has 0 atom stereocenters. The number of carbonyl (C=O) groups excluding carboxylic acids is 2. The number of nitrogens with two attached hydrogens (primary N) is 1. The first-order valence-corrected chi connectivity index (χ1v) is 6.80. The van der Waals surface area contributed by atoms with Crippen molar-refractivity contribution in [2.24, 2.45) is 5.84 Å². The maximum atomic E-state index is 11.1. The molecule has 0 bridgehead atoms. The summed E-state index contributed by atoms with van der Waals surface area (Å²) in [5.74, 6) is 4.92. The number of carbonyl (C=O) groups is 2. The van der Waals surface area contributed by atoms with Gasteiger partial charge >= 0.3 is 6.03 Å². The van der Waals surface area contributed by atoms with Crippen LogP contribution >= 0.6 is 0 Å². The first-order chi connectivity index (χ1) is 10.6. The minimum absolute atomic E-state index is 0.0858. The van der Waals surface area contributed by atoms with E-state index in [0.717, 1.165) is 23.2 Å². The molecule has 0 aliphatic rings. The van der Waals surface area contributed by atoms with Crippen LogP contribution in [0.2, 0.25) is 0 Å². The van der Waals surface area contributed by atoms with E-state index < -0.39 is 6.03 Å². The third-order valence-corrected chi connectivity index (χ3v) is 3.03. The van der Waals surface area contributed by atoms with Gasteiger partial charge in [0, 0.05) is 18.3 Å². The minimum Gasteiger partial charge on any atom is -0.326 e. The van der Waals surface area contributed by atoms with Crippen molar-refractivity contribution in [2.75, 3.05) is 10.6 Å². The quantitative estimate of drug-likeness (QED) is 0.396. The normalized spacial score (nSPS) is 9.91. The van der Waals surface area contributed by atoms with Gasteiger partial charge in [0.1, 0.15) is 0 Å². The summed E-state index contributed by atoms with van der Waals surface area (Å²) in [5, 5.41) is 5.32. The fourth-order valence-electron chi connectivity index (χ4n) is 2.02. The van der Waals surface area contributed by atoms with Gasteiger partial charge in [0.2, 0.25) is 5.91 Å². The third-order valence-electron chi connectivity index (χ3n) is 3.03. The molecule has 114 valence electrons. The van der Waals surface area contributed by atoms with Crippen LogP contribution in [0.4, 0.5) is 16.2 Å². The van der Waals surface area contributed by atoms with Crippen LogP contribution in [0.1, 0.15) is 18.1 Å². The average molecular weight is 298 g/mol. The lowest BCUT2D eigenvalue weighted by Gasteiger charge is -2.07. The van der Waals surface area contributed by atoms with Crippen LogP contribution < -0.4 is 21.9 Å². The highest BCUT2D eigenvalue weighted by Crippen LogP contribution is 2.16. The zero-order chi connectivity index (χ0) is 15.9. The lowest BCUT2D eigenvalue weighted by molar-refractivity contribution is -0.114. The summed E-state index contributed by atoms with van der Waals surface area (Å²) in [6.07, 6.45) is 0.768. The Morgan fingerprint density at radius 1 is 0.864 bits per heavy atom. The lowest BCUT2D eigenvalue weighted by Crippen LogP contribution is -2.34. The van der Waals surface area contributed by atoms with Crippen LogP contribution in [0.3, 0.4) is 0 Å². The van der Waals surface area contributed by atoms with Gasteiger partial charge in [-0.15, -0.1) is 0 Å². The van der Waals surface area contributed by atoms with Crippen molar-refractivity contribution >= 4 is 23.3 Å². The number of nitrogens with one attached hydrogen (secondary N) is 3. The Balaban J connectivity index is 1.98. The van der Waals surface area contributed by atoms with Gasteiger partial charge in [0.15, 0.2) is 0 Å². The molecule has 0 fully saturated rings. The Hall–Kier alpha value is -2.86. The van der Waals surface area contributed by atoms with Gasteiger partial charge in [-0.05, 0) is 41.8 Å². The zero-order valence-corrected chi connectivity index (χ0v) is 12.2. The van der Waals surface area contributed by atoms with Gasteiger partial charge in [0.05, 0.1) is 0 Å². The van der Waals surface area contributed by atoms with Crippen molar-refractivity contribution in [1.82, 2.24) is 5.43 Å². The molecule has 6 nitrogen and oxygen atoms in total. The summed E-state index contributed by atoms with van der Waals surface area (Å²) in [6.45, 7) is 1.48. The zero-order valence-electron chi connectivity index (χ0n) is 12.2. The topological polar surface area (TPSA) is 96.2 Å². The van der Waals surface area contributed by atoms with Crippen molar-refractivity contribution < 1.29 is 9.59 Å². The standard InChI is InChI=1S/C16H18N4O2/c1-11(21)18-14-6-2-12(3-7-14)10-13-4-8-15(9-5-13)19-16(22)20-17/h2-9H,10,17H2,1H3,(H,18,21)(H2,19,20,22). The number of benzene rings is 2. The van der Waals surface area contributed by atoms with Crippen LogP contribution in [-0.4, -0.2) is 11.9 Å². The van der Waals surface area contributed by atoms with Gasteiger partial charge in [-0.1, -0.05) is 24.3 Å². The smallest absolute Gasteiger partial charge is 0.326 e. The highest BCUT2D eigenvalue weighted by molar-refractivity contribution is 5.89. The maximum Gasteiger partial charge on any atom is 0.333 e.